The van der Waals surface area contributed by atoms with Crippen LogP contribution in [0.1, 0.15) is 15.9 Å². The van der Waals surface area contributed by atoms with E-state index < -0.39 is 0 Å². The fourth-order valence-electron chi connectivity index (χ4n) is 3.52. The number of amides is 3. The van der Waals surface area contributed by atoms with E-state index >= 15 is 0 Å². The Bertz CT molecular complexity index is 903. The molecule has 172 valence electrons. The van der Waals surface area contributed by atoms with Gasteiger partial charge in [0.15, 0.2) is 0 Å². The molecule has 1 unspecified atom stereocenters. The quantitative estimate of drug-likeness (QED) is 0.681. The molecule has 1 saturated heterocycles. The Kier molecular flexibility index (Phi) is 8.47. The molecule has 3 amide bonds. The zero-order valence-electron chi connectivity index (χ0n) is 18.9. The van der Waals surface area contributed by atoms with Gasteiger partial charge in [0.25, 0.3) is 5.91 Å². The minimum atomic E-state index is -0.286. The van der Waals surface area contributed by atoms with Crippen molar-refractivity contribution >= 4 is 17.6 Å². The van der Waals surface area contributed by atoms with Gasteiger partial charge in [-0.15, -0.1) is 0 Å². The maximum atomic E-state index is 13.1. The Morgan fingerprint density at radius 2 is 1.97 bits per heavy atom. The van der Waals surface area contributed by atoms with Crippen LogP contribution < -0.4 is 10.1 Å². The number of methoxy groups -OCH3 is 2. The number of urea groups is 1. The zero-order chi connectivity index (χ0) is 22.9. The highest BCUT2D eigenvalue weighted by atomic mass is 16.5. The number of benzene rings is 2. The smallest absolute Gasteiger partial charge is 0.322 e. The molecular formula is C24H31N3O5. The average Bonchev–Trinajstić information content (AvgIpc) is 2.82. The number of nitrogens with zero attached hydrogens (tertiary/aromatic N) is 2. The van der Waals surface area contributed by atoms with E-state index in [0.717, 1.165) is 5.56 Å². The highest BCUT2D eigenvalue weighted by Gasteiger charge is 2.28. The maximum Gasteiger partial charge on any atom is 0.322 e. The minimum Gasteiger partial charge on any atom is -0.497 e. The predicted molar refractivity (Wildman–Crippen MR) is 122 cm³/mol. The van der Waals surface area contributed by atoms with E-state index in [2.05, 4.69) is 5.32 Å². The number of morpholine rings is 1. The first-order chi connectivity index (χ1) is 15.5. The number of carbonyl (C=O) groups is 2. The van der Waals surface area contributed by atoms with Crippen LogP contribution in [-0.4, -0.2) is 81.5 Å². The lowest BCUT2D eigenvalue weighted by molar-refractivity contribution is -0.0280. The summed E-state index contributed by atoms with van der Waals surface area (Å²) in [5.74, 6) is 0.592. The van der Waals surface area contributed by atoms with Crippen LogP contribution in [0, 0.1) is 6.92 Å². The van der Waals surface area contributed by atoms with Gasteiger partial charge in [-0.05, 0) is 31.2 Å². The Labute approximate surface area is 189 Å². The highest BCUT2D eigenvalue weighted by Crippen LogP contribution is 2.18. The number of rotatable bonds is 8. The van der Waals surface area contributed by atoms with Gasteiger partial charge in [0.05, 0.1) is 33.0 Å². The molecule has 1 N–H and O–H groups in total. The molecule has 32 heavy (non-hydrogen) atoms. The van der Waals surface area contributed by atoms with Crippen molar-refractivity contribution in [1.82, 2.24) is 9.80 Å². The van der Waals surface area contributed by atoms with Crippen LogP contribution in [0.2, 0.25) is 0 Å². The molecule has 0 radical (unpaired) electrons. The monoisotopic (exact) mass is 441 g/mol. The molecule has 1 aliphatic rings. The summed E-state index contributed by atoms with van der Waals surface area (Å²) in [5.41, 5.74) is 2.38. The summed E-state index contributed by atoms with van der Waals surface area (Å²) >= 11 is 0. The largest absolute Gasteiger partial charge is 0.497 e. The number of hydrogen-bond acceptors (Lipinski definition) is 5. The highest BCUT2D eigenvalue weighted by molar-refractivity contribution is 5.94. The topological polar surface area (TPSA) is 80.3 Å². The number of ether oxygens (including phenoxy) is 3. The van der Waals surface area contributed by atoms with E-state index in [-0.39, 0.29) is 18.0 Å². The predicted octanol–water partition coefficient (Wildman–Crippen LogP) is 3.03. The first kappa shape index (κ1) is 23.6. The molecule has 1 fully saturated rings. The third kappa shape index (κ3) is 6.45. The molecule has 1 atom stereocenters. The summed E-state index contributed by atoms with van der Waals surface area (Å²) in [6, 6.07) is 14.5. The summed E-state index contributed by atoms with van der Waals surface area (Å²) in [4.78, 5) is 29.3. The molecule has 0 bridgehead atoms. The van der Waals surface area contributed by atoms with E-state index in [1.54, 1.807) is 30.1 Å². The number of aryl methyl sites for hydroxylation is 1. The molecule has 0 aliphatic carbocycles. The molecule has 2 aromatic carbocycles. The lowest BCUT2D eigenvalue weighted by Gasteiger charge is -2.35. The number of nitrogens with one attached hydrogen (secondary N) is 1. The summed E-state index contributed by atoms with van der Waals surface area (Å²) in [5, 5.41) is 2.90. The summed E-state index contributed by atoms with van der Waals surface area (Å²) in [6.45, 7) is 4.50. The van der Waals surface area contributed by atoms with Gasteiger partial charge >= 0.3 is 6.03 Å². The van der Waals surface area contributed by atoms with E-state index in [1.165, 1.54) is 0 Å². The molecule has 0 aromatic heterocycles. The lowest BCUT2D eigenvalue weighted by atomic mass is 10.1. The first-order valence-electron chi connectivity index (χ1n) is 10.7. The van der Waals surface area contributed by atoms with Gasteiger partial charge in [0.2, 0.25) is 0 Å². The molecular weight excluding hydrogens is 410 g/mol. The van der Waals surface area contributed by atoms with Crippen LogP contribution in [0.4, 0.5) is 10.5 Å². The van der Waals surface area contributed by atoms with E-state index in [4.69, 9.17) is 14.2 Å². The van der Waals surface area contributed by atoms with Crippen molar-refractivity contribution in [3.05, 3.63) is 59.7 Å². The van der Waals surface area contributed by atoms with Crippen molar-refractivity contribution in [2.45, 2.75) is 13.0 Å². The normalized spacial score (nSPS) is 15.8. The molecule has 8 nitrogen and oxygen atoms in total. The van der Waals surface area contributed by atoms with Crippen molar-refractivity contribution < 1.29 is 23.8 Å². The van der Waals surface area contributed by atoms with Crippen LogP contribution in [0.15, 0.2) is 48.5 Å². The van der Waals surface area contributed by atoms with Gasteiger partial charge in [0.1, 0.15) is 5.75 Å². The summed E-state index contributed by atoms with van der Waals surface area (Å²) in [6.07, 6.45) is -0.286. The molecule has 0 spiro atoms. The fourth-order valence-corrected chi connectivity index (χ4v) is 3.52. The van der Waals surface area contributed by atoms with Crippen LogP contribution in [0.5, 0.6) is 5.75 Å². The molecule has 0 saturated carbocycles. The Morgan fingerprint density at radius 1 is 1.19 bits per heavy atom. The molecule has 1 aliphatic heterocycles. The van der Waals surface area contributed by atoms with E-state index in [0.29, 0.717) is 56.4 Å². The first-order valence-corrected chi connectivity index (χ1v) is 10.7. The second kappa shape index (κ2) is 11.5. The molecule has 3 rings (SSSR count). The van der Waals surface area contributed by atoms with E-state index in [1.807, 2.05) is 49.4 Å². The van der Waals surface area contributed by atoms with Crippen LogP contribution >= 0.6 is 0 Å². The van der Waals surface area contributed by atoms with Crippen molar-refractivity contribution in [3.8, 4) is 5.75 Å². The fraction of sp³-hybridized carbons (Fsp3) is 0.417. The van der Waals surface area contributed by atoms with Crippen molar-refractivity contribution in [1.29, 1.82) is 0 Å². The number of carbonyl (C=O) groups excluding carboxylic acids is 2. The van der Waals surface area contributed by atoms with Gasteiger partial charge in [-0.2, -0.15) is 0 Å². The van der Waals surface area contributed by atoms with Crippen LogP contribution in [0.3, 0.4) is 0 Å². The second-order valence-electron chi connectivity index (χ2n) is 7.71. The second-order valence-corrected chi connectivity index (χ2v) is 7.71. The van der Waals surface area contributed by atoms with Gasteiger partial charge in [0, 0.05) is 44.1 Å². The number of anilines is 1. The average molecular weight is 442 g/mol. The van der Waals surface area contributed by atoms with Crippen LogP contribution in [0.25, 0.3) is 0 Å². The van der Waals surface area contributed by atoms with Gasteiger partial charge < -0.3 is 29.3 Å². The zero-order valence-corrected chi connectivity index (χ0v) is 18.9. The van der Waals surface area contributed by atoms with Gasteiger partial charge in [-0.3, -0.25) is 4.79 Å². The minimum absolute atomic E-state index is 0.0800. The molecule has 2 aromatic rings. The summed E-state index contributed by atoms with van der Waals surface area (Å²) < 4.78 is 16.3. The Balaban J connectivity index is 1.63. The van der Waals surface area contributed by atoms with Crippen molar-refractivity contribution in [2.24, 2.45) is 0 Å². The maximum absolute atomic E-state index is 13.1. The lowest BCUT2D eigenvalue weighted by Crippen LogP contribution is -2.52. The third-order valence-corrected chi connectivity index (χ3v) is 5.32. The summed E-state index contributed by atoms with van der Waals surface area (Å²) in [7, 11) is 3.19. The molecule has 1 heterocycles. The Hall–Kier alpha value is -3.10. The standard InChI is InChI=1S/C24H31N3O5/c1-18-7-9-19(10-8-18)23(28)26(11-13-30-2)16-22-17-27(12-14-32-22)24(29)25-20-5-4-6-21(15-20)31-3/h4-10,15,22H,11-14,16-17H2,1-3H3,(H,25,29). The van der Waals surface area contributed by atoms with E-state index in [9.17, 15) is 9.59 Å². The van der Waals surface area contributed by atoms with Crippen molar-refractivity contribution in [3.63, 3.8) is 0 Å². The number of hydrogen-bond donors (Lipinski definition) is 1. The van der Waals surface area contributed by atoms with Crippen LogP contribution in [-0.2, 0) is 9.47 Å². The SMILES string of the molecule is COCCN(CC1CN(C(=O)Nc2cccc(OC)c2)CCO1)C(=O)c1ccc(C)cc1. The van der Waals surface area contributed by atoms with Crippen molar-refractivity contribution in [2.75, 3.05) is 58.9 Å². The Morgan fingerprint density at radius 3 is 2.69 bits per heavy atom. The molecule has 8 heteroatoms. The van der Waals surface area contributed by atoms with Gasteiger partial charge in [-0.1, -0.05) is 23.8 Å². The third-order valence-electron chi connectivity index (χ3n) is 5.32. The van der Waals surface area contributed by atoms with Gasteiger partial charge in [-0.25, -0.2) is 4.79 Å².